The van der Waals surface area contributed by atoms with Gasteiger partial charge in [0.25, 0.3) is 0 Å². The number of ether oxygens (including phenoxy) is 4. The Morgan fingerprint density at radius 1 is 0.828 bits per heavy atom. The van der Waals surface area contributed by atoms with Crippen molar-refractivity contribution in [3.63, 3.8) is 0 Å². The van der Waals surface area contributed by atoms with E-state index < -0.39 is 0 Å². The van der Waals surface area contributed by atoms with Crippen molar-refractivity contribution in [1.82, 2.24) is 15.2 Å². The Kier molecular flexibility index (Phi) is 6.51. The number of methoxy groups -OCH3 is 4. The van der Waals surface area contributed by atoms with Gasteiger partial charge in [-0.15, -0.1) is 5.10 Å². The second kappa shape index (κ2) is 9.45. The molecule has 152 valence electrons. The van der Waals surface area contributed by atoms with Crippen molar-refractivity contribution in [2.24, 2.45) is 0 Å². The second-order valence-electron chi connectivity index (χ2n) is 5.90. The lowest BCUT2D eigenvalue weighted by Crippen LogP contribution is -2.07. The Labute approximate surface area is 169 Å². The standard InChI is InChI=1S/C20H23N5O4/c1-26-14-6-7-15(17(10-14)28-3)23-19-12-22-25-20(24-19)21-11-13-5-8-16(27-2)18(9-13)29-4/h5-10,12H,11H2,1-4H3,(H2,21,23,24,25). The van der Waals surface area contributed by atoms with E-state index in [0.29, 0.717) is 41.3 Å². The number of benzene rings is 2. The third kappa shape index (κ3) is 4.95. The predicted molar refractivity (Wildman–Crippen MR) is 110 cm³/mol. The molecule has 2 N–H and O–H groups in total. The molecule has 29 heavy (non-hydrogen) atoms. The summed E-state index contributed by atoms with van der Waals surface area (Å²) in [6.45, 7) is 0.497. The Hall–Kier alpha value is -3.75. The number of nitrogens with one attached hydrogen (secondary N) is 2. The van der Waals surface area contributed by atoms with E-state index >= 15 is 0 Å². The van der Waals surface area contributed by atoms with Gasteiger partial charge in [0.2, 0.25) is 5.95 Å². The summed E-state index contributed by atoms with van der Waals surface area (Å²) in [7, 11) is 6.40. The average molecular weight is 397 g/mol. The van der Waals surface area contributed by atoms with Gasteiger partial charge in [0.1, 0.15) is 11.5 Å². The monoisotopic (exact) mass is 397 g/mol. The zero-order valence-electron chi connectivity index (χ0n) is 16.7. The molecule has 9 heteroatoms. The lowest BCUT2D eigenvalue weighted by atomic mass is 10.2. The van der Waals surface area contributed by atoms with Crippen LogP contribution >= 0.6 is 0 Å². The maximum atomic E-state index is 5.39. The minimum Gasteiger partial charge on any atom is -0.497 e. The van der Waals surface area contributed by atoms with Crippen molar-refractivity contribution in [3.8, 4) is 23.0 Å². The number of rotatable bonds is 9. The average Bonchev–Trinajstić information content (AvgIpc) is 2.78. The number of hydrogen-bond acceptors (Lipinski definition) is 9. The van der Waals surface area contributed by atoms with E-state index in [1.807, 2.05) is 30.3 Å². The summed E-state index contributed by atoms with van der Waals surface area (Å²) in [5, 5.41) is 14.3. The van der Waals surface area contributed by atoms with Crippen LogP contribution in [0.2, 0.25) is 0 Å². The molecule has 0 fully saturated rings. The molecule has 0 bridgehead atoms. The summed E-state index contributed by atoms with van der Waals surface area (Å²) >= 11 is 0. The van der Waals surface area contributed by atoms with Crippen LogP contribution in [0.15, 0.2) is 42.6 Å². The largest absolute Gasteiger partial charge is 0.497 e. The summed E-state index contributed by atoms with van der Waals surface area (Å²) in [4.78, 5) is 4.44. The Morgan fingerprint density at radius 2 is 1.62 bits per heavy atom. The zero-order chi connectivity index (χ0) is 20.6. The van der Waals surface area contributed by atoms with Gasteiger partial charge in [-0.3, -0.25) is 0 Å². The number of aromatic nitrogens is 3. The molecule has 1 aromatic heterocycles. The molecule has 0 amide bonds. The quantitative estimate of drug-likeness (QED) is 0.563. The fourth-order valence-corrected chi connectivity index (χ4v) is 2.65. The normalized spacial score (nSPS) is 10.2. The van der Waals surface area contributed by atoms with Gasteiger partial charge in [-0.05, 0) is 29.8 Å². The Balaban J connectivity index is 1.70. The second-order valence-corrected chi connectivity index (χ2v) is 5.90. The molecule has 0 saturated carbocycles. The maximum Gasteiger partial charge on any atom is 0.244 e. The predicted octanol–water partition coefficient (Wildman–Crippen LogP) is 3.26. The fourth-order valence-electron chi connectivity index (χ4n) is 2.65. The molecule has 3 aromatic rings. The van der Waals surface area contributed by atoms with E-state index in [1.54, 1.807) is 34.5 Å². The highest BCUT2D eigenvalue weighted by molar-refractivity contribution is 5.65. The van der Waals surface area contributed by atoms with Gasteiger partial charge in [0.15, 0.2) is 17.3 Å². The summed E-state index contributed by atoms with van der Waals surface area (Å²) in [6.07, 6.45) is 1.53. The van der Waals surface area contributed by atoms with Crippen molar-refractivity contribution in [2.45, 2.75) is 6.54 Å². The molecular formula is C20H23N5O4. The molecule has 3 rings (SSSR count). The maximum absolute atomic E-state index is 5.39. The molecule has 0 atom stereocenters. The van der Waals surface area contributed by atoms with E-state index in [0.717, 1.165) is 11.3 Å². The van der Waals surface area contributed by atoms with Gasteiger partial charge in [0.05, 0.1) is 40.3 Å². The van der Waals surface area contributed by atoms with E-state index in [4.69, 9.17) is 18.9 Å². The van der Waals surface area contributed by atoms with Crippen LogP contribution in [-0.4, -0.2) is 43.6 Å². The zero-order valence-corrected chi connectivity index (χ0v) is 16.7. The first-order valence-corrected chi connectivity index (χ1v) is 8.80. The van der Waals surface area contributed by atoms with Crippen LogP contribution in [0.4, 0.5) is 17.5 Å². The summed E-state index contributed by atoms with van der Waals surface area (Å²) < 4.78 is 21.2. The van der Waals surface area contributed by atoms with Crippen LogP contribution in [-0.2, 0) is 6.54 Å². The lowest BCUT2D eigenvalue weighted by molar-refractivity contribution is 0.354. The van der Waals surface area contributed by atoms with Crippen molar-refractivity contribution >= 4 is 17.5 Å². The molecule has 0 aliphatic heterocycles. The first kappa shape index (κ1) is 20.0. The molecule has 0 spiro atoms. The van der Waals surface area contributed by atoms with E-state index in [1.165, 1.54) is 6.20 Å². The third-order valence-corrected chi connectivity index (χ3v) is 4.13. The fraction of sp³-hybridized carbons (Fsp3) is 0.250. The molecule has 2 aromatic carbocycles. The highest BCUT2D eigenvalue weighted by atomic mass is 16.5. The minimum absolute atomic E-state index is 0.386. The van der Waals surface area contributed by atoms with Crippen LogP contribution in [0.3, 0.4) is 0 Å². The highest BCUT2D eigenvalue weighted by Gasteiger charge is 2.08. The lowest BCUT2D eigenvalue weighted by Gasteiger charge is -2.12. The number of nitrogens with zero attached hydrogens (tertiary/aromatic N) is 3. The van der Waals surface area contributed by atoms with Crippen LogP contribution in [0.5, 0.6) is 23.0 Å². The molecule has 1 heterocycles. The van der Waals surface area contributed by atoms with Crippen molar-refractivity contribution < 1.29 is 18.9 Å². The van der Waals surface area contributed by atoms with Crippen molar-refractivity contribution in [1.29, 1.82) is 0 Å². The SMILES string of the molecule is COc1ccc(Nc2cnnc(NCc3ccc(OC)c(OC)c3)n2)c(OC)c1. The molecular weight excluding hydrogens is 374 g/mol. The molecule has 0 saturated heterocycles. The number of hydrogen-bond donors (Lipinski definition) is 2. The molecule has 0 aliphatic carbocycles. The Morgan fingerprint density at radius 3 is 2.34 bits per heavy atom. The summed E-state index contributed by atoms with van der Waals surface area (Å²) in [6, 6.07) is 11.1. The Bertz CT molecular complexity index is 967. The van der Waals surface area contributed by atoms with Gasteiger partial charge < -0.3 is 29.6 Å². The van der Waals surface area contributed by atoms with Crippen LogP contribution in [0.25, 0.3) is 0 Å². The van der Waals surface area contributed by atoms with E-state index in [-0.39, 0.29) is 0 Å². The van der Waals surface area contributed by atoms with E-state index in [2.05, 4.69) is 25.8 Å². The number of anilines is 3. The van der Waals surface area contributed by atoms with Crippen LogP contribution in [0.1, 0.15) is 5.56 Å². The molecule has 0 aliphatic rings. The smallest absolute Gasteiger partial charge is 0.244 e. The molecule has 0 radical (unpaired) electrons. The minimum atomic E-state index is 0.386. The first-order chi connectivity index (χ1) is 14.2. The van der Waals surface area contributed by atoms with Gasteiger partial charge >= 0.3 is 0 Å². The highest BCUT2D eigenvalue weighted by Crippen LogP contribution is 2.31. The molecule has 9 nitrogen and oxygen atoms in total. The molecule has 0 unspecified atom stereocenters. The van der Waals surface area contributed by atoms with Gasteiger partial charge in [-0.25, -0.2) is 0 Å². The van der Waals surface area contributed by atoms with Crippen LogP contribution < -0.4 is 29.6 Å². The van der Waals surface area contributed by atoms with Crippen molar-refractivity contribution in [2.75, 3.05) is 39.1 Å². The topological polar surface area (TPSA) is 99.7 Å². The first-order valence-electron chi connectivity index (χ1n) is 8.80. The van der Waals surface area contributed by atoms with E-state index in [9.17, 15) is 0 Å². The van der Waals surface area contributed by atoms with Gasteiger partial charge in [-0.2, -0.15) is 10.1 Å². The summed E-state index contributed by atoms with van der Waals surface area (Å²) in [5.74, 6) is 3.57. The summed E-state index contributed by atoms with van der Waals surface area (Å²) in [5.41, 5.74) is 1.72. The van der Waals surface area contributed by atoms with Gasteiger partial charge in [0, 0.05) is 12.6 Å². The van der Waals surface area contributed by atoms with Crippen LogP contribution in [0, 0.1) is 0 Å². The van der Waals surface area contributed by atoms with Gasteiger partial charge in [-0.1, -0.05) is 6.07 Å². The third-order valence-electron chi connectivity index (χ3n) is 4.13. The van der Waals surface area contributed by atoms with Crippen molar-refractivity contribution in [3.05, 3.63) is 48.2 Å².